The number of hydrogen-bond acceptors (Lipinski definition) is 5. The highest BCUT2D eigenvalue weighted by atomic mass is 16.5. The van der Waals surface area contributed by atoms with Crippen molar-refractivity contribution in [2.24, 2.45) is 5.92 Å². The minimum Gasteiger partial charge on any atom is -0.449 e. The first-order valence-corrected chi connectivity index (χ1v) is 9.25. The summed E-state index contributed by atoms with van der Waals surface area (Å²) in [5, 5.41) is 2.65. The average Bonchev–Trinajstić information content (AvgIpc) is 2.87. The zero-order chi connectivity index (χ0) is 20.1. The van der Waals surface area contributed by atoms with Crippen LogP contribution < -0.4 is 5.32 Å². The maximum Gasteiger partial charge on any atom is 0.338 e. The van der Waals surface area contributed by atoms with Crippen molar-refractivity contribution in [3.8, 4) is 0 Å². The summed E-state index contributed by atoms with van der Waals surface area (Å²) in [6, 6.07) is 4.27. The summed E-state index contributed by atoms with van der Waals surface area (Å²) >= 11 is 0. The van der Waals surface area contributed by atoms with Gasteiger partial charge in [0.15, 0.2) is 6.10 Å². The van der Waals surface area contributed by atoms with Gasteiger partial charge in [-0.25, -0.2) is 4.79 Å². The van der Waals surface area contributed by atoms with Crippen molar-refractivity contribution < 1.29 is 23.9 Å². The predicted molar refractivity (Wildman–Crippen MR) is 99.4 cm³/mol. The quantitative estimate of drug-likeness (QED) is 0.557. The summed E-state index contributed by atoms with van der Waals surface area (Å²) < 4.78 is 5.16. The summed E-state index contributed by atoms with van der Waals surface area (Å²) in [5.74, 6) is -1.47. The Balaban J connectivity index is 2.10. The van der Waals surface area contributed by atoms with Crippen molar-refractivity contribution in [1.82, 2.24) is 10.2 Å². The largest absolute Gasteiger partial charge is 0.449 e. The smallest absolute Gasteiger partial charge is 0.338 e. The Labute approximate surface area is 159 Å². The fraction of sp³-hybridized carbons (Fsp3) is 0.500. The molecule has 27 heavy (non-hydrogen) atoms. The van der Waals surface area contributed by atoms with Crippen molar-refractivity contribution in [3.05, 3.63) is 34.9 Å². The number of amides is 3. The standard InChI is InChI=1S/C20H26N2O5/c1-5-9-21-17(23)13(4)27-20(26)14-6-7-15-16(11-14)19(25)22(18(15)24)10-8-12(2)3/h6-7,11-13H,5,8-10H2,1-4H3,(H,21,23)/t13-/m1/s1. The molecule has 1 heterocycles. The maximum atomic E-state index is 12.5. The Kier molecular flexibility index (Phi) is 6.71. The van der Waals surface area contributed by atoms with Crippen LogP contribution in [0.25, 0.3) is 0 Å². The highest BCUT2D eigenvalue weighted by Gasteiger charge is 2.36. The van der Waals surface area contributed by atoms with E-state index in [4.69, 9.17) is 4.74 Å². The van der Waals surface area contributed by atoms with E-state index in [1.165, 1.54) is 30.0 Å². The number of benzene rings is 1. The molecule has 1 atom stereocenters. The lowest BCUT2D eigenvalue weighted by molar-refractivity contribution is -0.129. The Morgan fingerprint density at radius 1 is 1.11 bits per heavy atom. The number of imide groups is 1. The van der Waals surface area contributed by atoms with Crippen LogP contribution in [0.5, 0.6) is 0 Å². The van der Waals surface area contributed by atoms with Crippen LogP contribution in [0.3, 0.4) is 0 Å². The summed E-state index contributed by atoms with van der Waals surface area (Å²) in [5.41, 5.74) is 0.617. The Bertz CT molecular complexity index is 757. The van der Waals surface area contributed by atoms with E-state index in [2.05, 4.69) is 5.32 Å². The number of carbonyl (C=O) groups is 4. The summed E-state index contributed by atoms with van der Waals surface area (Å²) in [7, 11) is 0. The number of rotatable bonds is 8. The van der Waals surface area contributed by atoms with Crippen molar-refractivity contribution in [1.29, 1.82) is 0 Å². The molecule has 1 aliphatic heterocycles. The number of nitrogens with one attached hydrogen (secondary N) is 1. The molecule has 0 fully saturated rings. The van der Waals surface area contributed by atoms with Gasteiger partial charge in [0.2, 0.25) is 0 Å². The first-order valence-electron chi connectivity index (χ1n) is 9.25. The van der Waals surface area contributed by atoms with E-state index in [0.717, 1.165) is 6.42 Å². The molecule has 0 bridgehead atoms. The highest BCUT2D eigenvalue weighted by Crippen LogP contribution is 2.25. The van der Waals surface area contributed by atoms with Crippen molar-refractivity contribution in [2.75, 3.05) is 13.1 Å². The van der Waals surface area contributed by atoms with Gasteiger partial charge in [-0.05, 0) is 43.9 Å². The molecule has 1 aromatic rings. The number of hydrogen-bond donors (Lipinski definition) is 1. The molecule has 2 rings (SSSR count). The number of fused-ring (bicyclic) bond motifs is 1. The van der Waals surface area contributed by atoms with E-state index in [9.17, 15) is 19.2 Å². The van der Waals surface area contributed by atoms with Crippen LogP contribution in [-0.4, -0.2) is 47.8 Å². The van der Waals surface area contributed by atoms with Crippen LogP contribution in [0, 0.1) is 5.92 Å². The molecule has 7 heteroatoms. The van der Waals surface area contributed by atoms with Crippen LogP contribution in [0.1, 0.15) is 71.6 Å². The molecule has 0 saturated carbocycles. The number of esters is 1. The molecule has 0 aromatic heterocycles. The second-order valence-electron chi connectivity index (χ2n) is 7.04. The molecular formula is C20H26N2O5. The fourth-order valence-corrected chi connectivity index (χ4v) is 2.68. The van der Waals surface area contributed by atoms with E-state index in [1.807, 2.05) is 20.8 Å². The second-order valence-corrected chi connectivity index (χ2v) is 7.04. The van der Waals surface area contributed by atoms with Gasteiger partial charge in [-0.15, -0.1) is 0 Å². The lowest BCUT2D eigenvalue weighted by Crippen LogP contribution is -2.36. The molecule has 0 radical (unpaired) electrons. The van der Waals surface area contributed by atoms with Crippen molar-refractivity contribution in [3.63, 3.8) is 0 Å². The van der Waals surface area contributed by atoms with Crippen molar-refractivity contribution >= 4 is 23.7 Å². The normalized spacial score (nSPS) is 14.3. The topological polar surface area (TPSA) is 92.8 Å². The van der Waals surface area contributed by atoms with Crippen LogP contribution in [0.2, 0.25) is 0 Å². The van der Waals surface area contributed by atoms with Gasteiger partial charge in [0, 0.05) is 13.1 Å². The van der Waals surface area contributed by atoms with E-state index >= 15 is 0 Å². The molecule has 1 N–H and O–H groups in total. The zero-order valence-electron chi connectivity index (χ0n) is 16.2. The first-order chi connectivity index (χ1) is 12.8. The van der Waals surface area contributed by atoms with Crippen LogP contribution in [0.4, 0.5) is 0 Å². The third-order valence-electron chi connectivity index (χ3n) is 4.34. The number of ether oxygens (including phenoxy) is 1. The monoisotopic (exact) mass is 374 g/mol. The molecule has 7 nitrogen and oxygen atoms in total. The highest BCUT2D eigenvalue weighted by molar-refractivity contribution is 6.22. The Morgan fingerprint density at radius 2 is 1.78 bits per heavy atom. The van der Waals surface area contributed by atoms with Gasteiger partial charge in [0.25, 0.3) is 17.7 Å². The van der Waals surface area contributed by atoms with E-state index in [0.29, 0.717) is 25.4 Å². The molecule has 3 amide bonds. The SMILES string of the molecule is CCCNC(=O)[C@@H](C)OC(=O)c1ccc2c(c1)C(=O)N(CCC(C)C)C2=O. The summed E-state index contributed by atoms with van der Waals surface area (Å²) in [6.45, 7) is 8.29. The molecule has 0 saturated heterocycles. The predicted octanol–water partition coefficient (Wildman–Crippen LogP) is 2.40. The Morgan fingerprint density at radius 3 is 2.41 bits per heavy atom. The fourth-order valence-electron chi connectivity index (χ4n) is 2.68. The molecule has 1 aromatic carbocycles. The lowest BCUT2D eigenvalue weighted by atomic mass is 10.1. The molecule has 0 aliphatic carbocycles. The van der Waals surface area contributed by atoms with Crippen molar-refractivity contribution in [2.45, 2.75) is 46.6 Å². The second kappa shape index (κ2) is 8.79. The number of carbonyl (C=O) groups excluding carboxylic acids is 4. The van der Waals surface area contributed by atoms with Gasteiger partial charge in [0.05, 0.1) is 16.7 Å². The minimum atomic E-state index is -0.947. The molecular weight excluding hydrogens is 348 g/mol. The average molecular weight is 374 g/mol. The molecule has 146 valence electrons. The summed E-state index contributed by atoms with van der Waals surface area (Å²) in [4.78, 5) is 50.3. The van der Waals surface area contributed by atoms with Crippen LogP contribution in [0.15, 0.2) is 18.2 Å². The third-order valence-corrected chi connectivity index (χ3v) is 4.34. The van der Waals surface area contributed by atoms with Crippen LogP contribution in [-0.2, 0) is 9.53 Å². The number of nitrogens with zero attached hydrogens (tertiary/aromatic N) is 1. The molecule has 0 unspecified atom stereocenters. The van der Waals surface area contributed by atoms with Gasteiger partial charge in [-0.3, -0.25) is 19.3 Å². The van der Waals surface area contributed by atoms with Gasteiger partial charge in [0.1, 0.15) is 0 Å². The third kappa shape index (κ3) is 4.72. The Hall–Kier alpha value is -2.70. The van der Waals surface area contributed by atoms with Gasteiger partial charge < -0.3 is 10.1 Å². The van der Waals surface area contributed by atoms with E-state index in [-0.39, 0.29) is 28.5 Å². The van der Waals surface area contributed by atoms with Gasteiger partial charge >= 0.3 is 5.97 Å². The molecule has 0 spiro atoms. The summed E-state index contributed by atoms with van der Waals surface area (Å²) in [6.07, 6.45) is 0.544. The van der Waals surface area contributed by atoms with Gasteiger partial charge in [-0.2, -0.15) is 0 Å². The van der Waals surface area contributed by atoms with E-state index < -0.39 is 18.0 Å². The van der Waals surface area contributed by atoms with Gasteiger partial charge in [-0.1, -0.05) is 20.8 Å². The molecule has 1 aliphatic rings. The minimum absolute atomic E-state index is 0.135. The van der Waals surface area contributed by atoms with Crippen LogP contribution >= 0.6 is 0 Å². The van der Waals surface area contributed by atoms with E-state index in [1.54, 1.807) is 0 Å². The first kappa shape index (κ1) is 20.6. The maximum absolute atomic E-state index is 12.5. The lowest BCUT2D eigenvalue weighted by Gasteiger charge is -2.14. The zero-order valence-corrected chi connectivity index (χ0v) is 16.2.